The van der Waals surface area contributed by atoms with Crippen LogP contribution in [0, 0.1) is 0 Å². The number of hydrogen-bond acceptors (Lipinski definition) is 6. The number of carbonyl (C=O) groups excluding carboxylic acids is 1. The number of carbonyl (C=O) groups is 1. The first-order valence-electron chi connectivity index (χ1n) is 11.5. The third-order valence-electron chi connectivity index (χ3n) is 5.62. The van der Waals surface area contributed by atoms with Gasteiger partial charge in [0.25, 0.3) is 11.5 Å². The Morgan fingerprint density at radius 3 is 2.80 bits per heavy atom. The van der Waals surface area contributed by atoms with Gasteiger partial charge >= 0.3 is 0 Å². The summed E-state index contributed by atoms with van der Waals surface area (Å²) in [7, 11) is 0. The Kier molecular flexibility index (Phi) is 8.54. The van der Waals surface area contributed by atoms with Crippen LogP contribution in [0.15, 0.2) is 50.8 Å². The summed E-state index contributed by atoms with van der Waals surface area (Å²) in [5.74, 6) is 0.906. The fourth-order valence-corrected chi connectivity index (χ4v) is 4.30. The molecule has 2 aromatic carbocycles. The lowest BCUT2D eigenvalue weighted by molar-refractivity contribution is -0.137. The molecule has 35 heavy (non-hydrogen) atoms. The monoisotopic (exact) mass is 560 g/mol. The van der Waals surface area contributed by atoms with Crippen molar-refractivity contribution >= 4 is 50.6 Å². The predicted octanol–water partition coefficient (Wildman–Crippen LogP) is 4.27. The number of halogens is 2. The van der Waals surface area contributed by atoms with Crippen LogP contribution in [0.25, 0.3) is 10.9 Å². The van der Waals surface area contributed by atoms with Crippen molar-refractivity contribution in [3.8, 4) is 5.75 Å². The molecule has 0 bridgehead atoms. The molecule has 0 N–H and O–H groups in total. The molecule has 1 amide bonds. The first kappa shape index (κ1) is 25.3. The molecule has 0 unspecified atom stereocenters. The van der Waals surface area contributed by atoms with Crippen LogP contribution < -0.4 is 10.3 Å². The Morgan fingerprint density at radius 1 is 1.26 bits per heavy atom. The van der Waals surface area contributed by atoms with Crippen molar-refractivity contribution in [3.63, 3.8) is 0 Å². The number of rotatable bonds is 8. The van der Waals surface area contributed by atoms with E-state index in [0.29, 0.717) is 65.8 Å². The molecule has 0 radical (unpaired) electrons. The molecule has 0 saturated carbocycles. The molecule has 0 aliphatic carbocycles. The summed E-state index contributed by atoms with van der Waals surface area (Å²) >= 11 is 9.81. The lowest BCUT2D eigenvalue weighted by Crippen LogP contribution is -2.43. The maximum atomic E-state index is 13.2. The zero-order valence-corrected chi connectivity index (χ0v) is 21.7. The molecule has 3 aromatic rings. The van der Waals surface area contributed by atoms with Gasteiger partial charge in [-0.15, -0.1) is 0 Å². The topological polar surface area (TPSA) is 86.0 Å². The predicted molar refractivity (Wildman–Crippen MR) is 140 cm³/mol. The summed E-state index contributed by atoms with van der Waals surface area (Å²) in [6, 6.07) is 10.6. The summed E-state index contributed by atoms with van der Waals surface area (Å²) in [6.45, 7) is 4.18. The number of unbranched alkanes of at least 4 members (excludes halogenated alkanes) is 1. The zero-order chi connectivity index (χ0) is 24.8. The average Bonchev–Trinajstić information content (AvgIpc) is 2.87. The van der Waals surface area contributed by atoms with Crippen LogP contribution in [-0.4, -0.2) is 59.6 Å². The summed E-state index contributed by atoms with van der Waals surface area (Å²) < 4.78 is 13.1. The Balaban J connectivity index is 1.53. The van der Waals surface area contributed by atoms with Crippen molar-refractivity contribution in [3.05, 3.63) is 67.6 Å². The number of morpholine rings is 1. The van der Waals surface area contributed by atoms with Crippen molar-refractivity contribution in [2.75, 3.05) is 32.9 Å². The molecule has 0 atom stereocenters. The van der Waals surface area contributed by atoms with Gasteiger partial charge in [0.1, 0.15) is 11.6 Å². The van der Waals surface area contributed by atoms with Crippen LogP contribution in [0.1, 0.15) is 31.2 Å². The molecule has 1 aromatic heterocycles. The second-order valence-electron chi connectivity index (χ2n) is 8.13. The number of ether oxygens (including phenoxy) is 2. The molecular weight excluding hydrogens is 536 g/mol. The van der Waals surface area contributed by atoms with Crippen LogP contribution in [0.2, 0.25) is 5.02 Å². The van der Waals surface area contributed by atoms with E-state index in [4.69, 9.17) is 21.1 Å². The highest BCUT2D eigenvalue weighted by Crippen LogP contribution is 2.25. The minimum Gasteiger partial charge on any atom is -0.482 e. The van der Waals surface area contributed by atoms with E-state index < -0.39 is 0 Å². The van der Waals surface area contributed by atoms with Crippen molar-refractivity contribution in [2.24, 2.45) is 5.10 Å². The van der Waals surface area contributed by atoms with Crippen molar-refractivity contribution in [1.82, 2.24) is 14.6 Å². The minimum absolute atomic E-state index is 0.0956. The van der Waals surface area contributed by atoms with Crippen molar-refractivity contribution in [1.29, 1.82) is 0 Å². The molecule has 2 heterocycles. The van der Waals surface area contributed by atoms with E-state index in [0.717, 1.165) is 17.3 Å². The van der Waals surface area contributed by atoms with Crippen LogP contribution in [0.5, 0.6) is 5.75 Å². The quantitative estimate of drug-likeness (QED) is 0.383. The molecular formula is C25H26BrClN4O4. The Bertz CT molecular complexity index is 1300. The highest BCUT2D eigenvalue weighted by molar-refractivity contribution is 9.10. The van der Waals surface area contributed by atoms with Crippen LogP contribution in [0.3, 0.4) is 0 Å². The molecule has 8 nitrogen and oxygen atoms in total. The normalized spacial score (nSPS) is 14.1. The number of amides is 1. The molecule has 0 spiro atoms. The SMILES string of the molecule is CCCCc1nc2ccc(Br)cc2c(=O)n1N=Cc1ccc(OCC(=O)N2CCOCC2)c(Cl)c1. The summed E-state index contributed by atoms with van der Waals surface area (Å²) in [4.78, 5) is 31.9. The summed E-state index contributed by atoms with van der Waals surface area (Å²) in [5, 5.41) is 5.28. The highest BCUT2D eigenvalue weighted by Gasteiger charge is 2.17. The molecule has 1 fully saturated rings. The molecule has 1 aliphatic rings. The second kappa shape index (κ2) is 11.8. The Hall–Kier alpha value is -2.75. The first-order chi connectivity index (χ1) is 17.0. The van der Waals surface area contributed by atoms with E-state index in [2.05, 4.69) is 32.9 Å². The lowest BCUT2D eigenvalue weighted by atomic mass is 10.2. The largest absolute Gasteiger partial charge is 0.482 e. The third-order valence-corrected chi connectivity index (χ3v) is 6.41. The number of hydrogen-bond donors (Lipinski definition) is 0. The third kappa shape index (κ3) is 6.28. The number of fused-ring (bicyclic) bond motifs is 1. The first-order valence-corrected chi connectivity index (χ1v) is 12.7. The summed E-state index contributed by atoms with van der Waals surface area (Å²) in [6.07, 6.45) is 4.07. The molecule has 4 rings (SSSR count). The zero-order valence-electron chi connectivity index (χ0n) is 19.4. The highest BCUT2D eigenvalue weighted by atomic mass is 79.9. The minimum atomic E-state index is -0.230. The van der Waals surface area contributed by atoms with E-state index in [1.807, 2.05) is 12.1 Å². The molecule has 184 valence electrons. The summed E-state index contributed by atoms with van der Waals surface area (Å²) in [5.41, 5.74) is 1.10. The number of benzene rings is 2. The van der Waals surface area contributed by atoms with E-state index >= 15 is 0 Å². The number of nitrogens with zero attached hydrogens (tertiary/aromatic N) is 4. The maximum Gasteiger partial charge on any atom is 0.282 e. The second-order valence-corrected chi connectivity index (χ2v) is 9.45. The standard InChI is InChI=1S/C25H26BrClN4O4/c1-2-3-4-23-29-21-7-6-18(26)14-19(21)25(33)31(23)28-15-17-5-8-22(20(27)13-17)35-16-24(32)30-9-11-34-12-10-30/h5-8,13-15H,2-4,9-12,16H2,1H3. The molecule has 10 heteroatoms. The van der Waals surface area contributed by atoms with Gasteiger partial charge in [-0.05, 0) is 48.4 Å². The van der Waals surface area contributed by atoms with Crippen LogP contribution >= 0.6 is 27.5 Å². The molecule has 1 saturated heterocycles. The van der Waals surface area contributed by atoms with Gasteiger partial charge < -0.3 is 14.4 Å². The number of aryl methyl sites for hydroxylation is 1. The Labute approximate surface area is 216 Å². The van der Waals surface area contributed by atoms with Gasteiger partial charge in [0.05, 0.1) is 35.4 Å². The van der Waals surface area contributed by atoms with Gasteiger partial charge in [0, 0.05) is 24.0 Å². The van der Waals surface area contributed by atoms with Gasteiger partial charge in [-0.3, -0.25) is 9.59 Å². The van der Waals surface area contributed by atoms with Crippen molar-refractivity contribution < 1.29 is 14.3 Å². The smallest absolute Gasteiger partial charge is 0.282 e. The van der Waals surface area contributed by atoms with E-state index in [1.54, 1.807) is 35.4 Å². The fraction of sp³-hybridized carbons (Fsp3) is 0.360. The fourth-order valence-electron chi connectivity index (χ4n) is 3.69. The van der Waals surface area contributed by atoms with E-state index in [9.17, 15) is 9.59 Å². The molecule has 1 aliphatic heterocycles. The van der Waals surface area contributed by atoms with Gasteiger partial charge in [-0.2, -0.15) is 9.78 Å². The average molecular weight is 562 g/mol. The van der Waals surface area contributed by atoms with Crippen LogP contribution in [-0.2, 0) is 16.0 Å². The maximum absolute atomic E-state index is 13.2. The van der Waals surface area contributed by atoms with Crippen molar-refractivity contribution in [2.45, 2.75) is 26.2 Å². The lowest BCUT2D eigenvalue weighted by Gasteiger charge is -2.26. The van der Waals surface area contributed by atoms with Gasteiger partial charge in [-0.1, -0.05) is 40.9 Å². The van der Waals surface area contributed by atoms with Gasteiger partial charge in [0.2, 0.25) is 0 Å². The van der Waals surface area contributed by atoms with E-state index in [-0.39, 0.29) is 18.1 Å². The van der Waals surface area contributed by atoms with Crippen LogP contribution in [0.4, 0.5) is 0 Å². The van der Waals surface area contributed by atoms with Gasteiger partial charge in [0.15, 0.2) is 6.61 Å². The Morgan fingerprint density at radius 2 is 2.06 bits per heavy atom. The van der Waals surface area contributed by atoms with E-state index in [1.165, 1.54) is 4.68 Å². The number of aromatic nitrogens is 2. The van der Waals surface area contributed by atoms with Gasteiger partial charge in [-0.25, -0.2) is 4.98 Å².